The number of carbonyl (C=O) groups is 3. The van der Waals surface area contributed by atoms with Gasteiger partial charge in [-0.15, -0.1) is 0 Å². The van der Waals surface area contributed by atoms with Crippen molar-refractivity contribution in [2.45, 2.75) is 0 Å². The molecular weight excluding hydrogens is 749 g/mol. The van der Waals surface area contributed by atoms with Gasteiger partial charge in [0.15, 0.2) is 0 Å². The molecule has 2 rings (SSSR count). The van der Waals surface area contributed by atoms with Crippen LogP contribution in [-0.4, -0.2) is 42.8 Å². The topological polar surface area (TPSA) is 122 Å². The van der Waals surface area contributed by atoms with Crippen LogP contribution in [0, 0.1) is 10.7 Å². The Kier molecular flexibility index (Phi) is 9.80. The monoisotopic (exact) mass is 763 g/mol. The quantitative estimate of drug-likeness (QED) is 0.235. The van der Waals surface area contributed by atoms with Crippen molar-refractivity contribution >= 4 is 91.8 Å². The second-order valence-electron chi connectivity index (χ2n) is 5.77. The molecule has 0 amide bonds. The van der Waals surface area contributed by atoms with E-state index in [2.05, 4.69) is 6.58 Å². The van der Waals surface area contributed by atoms with Crippen LogP contribution < -0.4 is 9.84 Å². The average molecular weight is 763 g/mol. The average Bonchev–Trinajstić information content (AvgIpc) is 2.70. The van der Waals surface area contributed by atoms with E-state index in [1.807, 2.05) is 67.8 Å². The summed E-state index contributed by atoms with van der Waals surface area (Å²) in [5.41, 5.74) is 0.833. The molecule has 0 fully saturated rings. The SMILES string of the molecule is C=Cc1ccc(C(=O)OCCOC(=O)c2c(I)cc(I)c(OCC(=O)[O-])c2I)c(O)c1. The fourth-order valence-electron chi connectivity index (χ4n) is 2.29. The number of benzene rings is 2. The van der Waals surface area contributed by atoms with Crippen molar-refractivity contribution < 1.29 is 38.8 Å². The first-order chi connectivity index (χ1) is 14.6. The fraction of sp³-hybridized carbons (Fsp3) is 0.150. The number of carboxylic acids is 1. The molecule has 0 atom stereocenters. The summed E-state index contributed by atoms with van der Waals surface area (Å²) in [4.78, 5) is 35.3. The first kappa shape index (κ1) is 25.6. The lowest BCUT2D eigenvalue weighted by atomic mass is 10.1. The third kappa shape index (κ3) is 6.93. The van der Waals surface area contributed by atoms with E-state index in [4.69, 9.17) is 14.2 Å². The number of rotatable bonds is 9. The van der Waals surface area contributed by atoms with Crippen LogP contribution in [0.5, 0.6) is 11.5 Å². The first-order valence-electron chi connectivity index (χ1n) is 8.45. The molecule has 0 radical (unpaired) electrons. The van der Waals surface area contributed by atoms with E-state index < -0.39 is 24.5 Å². The first-order valence-corrected chi connectivity index (χ1v) is 11.7. The Morgan fingerprint density at radius 1 is 1.03 bits per heavy atom. The summed E-state index contributed by atoms with van der Waals surface area (Å²) < 4.78 is 17.0. The smallest absolute Gasteiger partial charge is 0.342 e. The standard InChI is InChI=1S/C20H15I3O8/c1-2-10-3-4-11(14(24)7-10)19(27)29-5-6-30-20(28)16-12(21)8-13(22)18(17(16)23)31-9-15(25)26/h2-4,7-8,24H,1,5-6,9H2,(H,25,26)/p-1. The summed E-state index contributed by atoms with van der Waals surface area (Å²) in [5, 5.41) is 20.6. The number of aliphatic carboxylic acids is 1. The highest BCUT2D eigenvalue weighted by Crippen LogP contribution is 2.34. The Bertz CT molecular complexity index is 1040. The number of phenolic OH excluding ortho intramolecular Hbond substituents is 1. The summed E-state index contributed by atoms with van der Waals surface area (Å²) in [6.45, 7) is 2.48. The van der Waals surface area contributed by atoms with Crippen LogP contribution in [-0.2, 0) is 14.3 Å². The number of ether oxygens (including phenoxy) is 3. The minimum absolute atomic E-state index is 0.0200. The number of halogens is 3. The van der Waals surface area contributed by atoms with Gasteiger partial charge in [-0.3, -0.25) is 0 Å². The van der Waals surface area contributed by atoms with Gasteiger partial charge in [0.2, 0.25) is 0 Å². The highest BCUT2D eigenvalue weighted by Gasteiger charge is 2.22. The molecule has 11 heteroatoms. The van der Waals surface area contributed by atoms with Gasteiger partial charge < -0.3 is 29.2 Å². The van der Waals surface area contributed by atoms with E-state index in [1.54, 1.807) is 12.1 Å². The van der Waals surface area contributed by atoms with E-state index in [-0.39, 0.29) is 35.8 Å². The summed E-state index contributed by atoms with van der Waals surface area (Å²) in [5.74, 6) is -2.84. The van der Waals surface area contributed by atoms with Gasteiger partial charge in [-0.05, 0) is 91.5 Å². The minimum Gasteiger partial charge on any atom is -0.546 e. The number of carbonyl (C=O) groups excluding carboxylic acids is 3. The van der Waals surface area contributed by atoms with Gasteiger partial charge in [0, 0.05) is 3.57 Å². The predicted octanol–water partition coefficient (Wildman–Crippen LogP) is 2.99. The van der Waals surface area contributed by atoms with Gasteiger partial charge in [0.05, 0.1) is 18.7 Å². The third-order valence-electron chi connectivity index (χ3n) is 3.69. The predicted molar refractivity (Wildman–Crippen MR) is 134 cm³/mol. The van der Waals surface area contributed by atoms with Crippen LogP contribution in [0.4, 0.5) is 0 Å². The molecule has 0 aromatic heterocycles. The van der Waals surface area contributed by atoms with Crippen LogP contribution in [0.2, 0.25) is 0 Å². The molecular formula is C20H14I3O8-. The summed E-state index contributed by atoms with van der Waals surface area (Å²) in [6, 6.07) is 6.04. The van der Waals surface area contributed by atoms with Crippen molar-refractivity contribution in [3.63, 3.8) is 0 Å². The Labute approximate surface area is 218 Å². The molecule has 2 aromatic carbocycles. The Morgan fingerprint density at radius 2 is 1.68 bits per heavy atom. The molecule has 0 aliphatic carbocycles. The van der Waals surface area contributed by atoms with E-state index in [0.29, 0.717) is 16.3 Å². The molecule has 164 valence electrons. The van der Waals surface area contributed by atoms with Crippen molar-refractivity contribution in [3.05, 3.63) is 58.2 Å². The largest absolute Gasteiger partial charge is 0.546 e. The number of carboxylic acid groups (broad SMARTS) is 1. The van der Waals surface area contributed by atoms with Gasteiger partial charge >= 0.3 is 11.9 Å². The zero-order valence-electron chi connectivity index (χ0n) is 15.7. The van der Waals surface area contributed by atoms with Crippen LogP contribution in [0.25, 0.3) is 6.08 Å². The second-order valence-corrected chi connectivity index (χ2v) is 9.17. The number of hydrogen-bond donors (Lipinski definition) is 1. The number of hydrogen-bond acceptors (Lipinski definition) is 8. The van der Waals surface area contributed by atoms with Crippen molar-refractivity contribution in [2.24, 2.45) is 0 Å². The second kappa shape index (κ2) is 11.8. The molecule has 0 saturated heterocycles. The van der Waals surface area contributed by atoms with E-state index in [0.717, 1.165) is 0 Å². The van der Waals surface area contributed by atoms with E-state index >= 15 is 0 Å². The number of aromatic hydroxyl groups is 1. The Morgan fingerprint density at radius 3 is 2.26 bits per heavy atom. The Balaban J connectivity index is 2.00. The van der Waals surface area contributed by atoms with Crippen molar-refractivity contribution in [3.8, 4) is 11.5 Å². The van der Waals surface area contributed by atoms with Gasteiger partial charge in [-0.25, -0.2) is 9.59 Å². The molecule has 0 unspecified atom stereocenters. The van der Waals surface area contributed by atoms with Crippen molar-refractivity contribution in [1.82, 2.24) is 0 Å². The maximum atomic E-state index is 12.5. The van der Waals surface area contributed by atoms with E-state index in [1.165, 1.54) is 18.2 Å². The molecule has 0 spiro atoms. The molecule has 0 aliphatic rings. The molecule has 8 nitrogen and oxygen atoms in total. The maximum absolute atomic E-state index is 12.5. The molecule has 0 heterocycles. The minimum atomic E-state index is -1.39. The maximum Gasteiger partial charge on any atom is 0.342 e. The highest BCUT2D eigenvalue weighted by atomic mass is 127. The molecule has 0 bridgehead atoms. The van der Waals surface area contributed by atoms with Crippen LogP contribution in [0.15, 0.2) is 30.8 Å². The van der Waals surface area contributed by atoms with Crippen molar-refractivity contribution in [2.75, 3.05) is 19.8 Å². The molecule has 0 saturated carbocycles. The molecule has 31 heavy (non-hydrogen) atoms. The third-order valence-corrected chi connectivity index (χ3v) is 6.37. The van der Waals surface area contributed by atoms with Crippen LogP contribution >= 0.6 is 67.8 Å². The lowest BCUT2D eigenvalue weighted by Gasteiger charge is -2.15. The Hall–Kier alpha value is -1.62. The van der Waals surface area contributed by atoms with Crippen LogP contribution in [0.1, 0.15) is 26.3 Å². The van der Waals surface area contributed by atoms with Gasteiger partial charge in [-0.1, -0.05) is 18.7 Å². The summed E-state index contributed by atoms with van der Waals surface area (Å²) >= 11 is 5.80. The zero-order chi connectivity index (χ0) is 23.1. The molecule has 1 N–H and O–H groups in total. The summed E-state index contributed by atoms with van der Waals surface area (Å²) in [6.07, 6.45) is 1.52. The molecule has 2 aromatic rings. The lowest BCUT2D eigenvalue weighted by Crippen LogP contribution is -2.29. The normalized spacial score (nSPS) is 10.3. The van der Waals surface area contributed by atoms with Gasteiger partial charge in [0.1, 0.15) is 36.9 Å². The summed E-state index contributed by atoms with van der Waals surface area (Å²) in [7, 11) is 0. The lowest BCUT2D eigenvalue weighted by molar-refractivity contribution is -0.307. The highest BCUT2D eigenvalue weighted by molar-refractivity contribution is 14.1. The van der Waals surface area contributed by atoms with Gasteiger partial charge in [-0.2, -0.15) is 0 Å². The van der Waals surface area contributed by atoms with Gasteiger partial charge in [0.25, 0.3) is 0 Å². The van der Waals surface area contributed by atoms with E-state index in [9.17, 15) is 24.6 Å². The number of phenols is 1. The zero-order valence-corrected chi connectivity index (χ0v) is 22.1. The fourth-order valence-corrected chi connectivity index (χ4v) is 6.41. The molecule has 0 aliphatic heterocycles. The van der Waals surface area contributed by atoms with Crippen molar-refractivity contribution in [1.29, 1.82) is 0 Å². The van der Waals surface area contributed by atoms with Crippen LogP contribution in [0.3, 0.4) is 0 Å². The number of esters is 2.